The van der Waals surface area contributed by atoms with E-state index in [0.717, 1.165) is 6.07 Å². The van der Waals surface area contributed by atoms with Crippen LogP contribution in [0, 0.1) is 12.8 Å². The Morgan fingerprint density at radius 1 is 1.41 bits per heavy atom. The Hall–Kier alpha value is -1.87. The zero-order valence-electron chi connectivity index (χ0n) is 12.7. The van der Waals surface area contributed by atoms with Gasteiger partial charge in [0.2, 0.25) is 5.09 Å². The summed E-state index contributed by atoms with van der Waals surface area (Å²) in [6, 6.07) is 1.12. The topological polar surface area (TPSA) is 126 Å². The summed E-state index contributed by atoms with van der Waals surface area (Å²) < 4.78 is 30.4. The van der Waals surface area contributed by atoms with Crippen molar-refractivity contribution in [2.45, 2.75) is 31.8 Å². The van der Waals surface area contributed by atoms with Crippen LogP contribution in [0.5, 0.6) is 0 Å². The fourth-order valence-corrected chi connectivity index (χ4v) is 2.59. The van der Waals surface area contributed by atoms with Gasteiger partial charge in [0.05, 0.1) is 11.5 Å². The van der Waals surface area contributed by atoms with Crippen molar-refractivity contribution >= 4 is 21.9 Å². The van der Waals surface area contributed by atoms with Gasteiger partial charge in [-0.15, -0.1) is 0 Å². The lowest BCUT2D eigenvalue weighted by molar-refractivity contribution is -0.141. The van der Waals surface area contributed by atoms with Crippen LogP contribution in [0.4, 0.5) is 0 Å². The number of carboxylic acids is 1. The van der Waals surface area contributed by atoms with Crippen molar-refractivity contribution in [3.8, 4) is 0 Å². The second-order valence-corrected chi connectivity index (χ2v) is 6.59. The van der Waals surface area contributed by atoms with E-state index in [1.54, 1.807) is 0 Å². The lowest BCUT2D eigenvalue weighted by Crippen LogP contribution is -2.33. The Morgan fingerprint density at radius 3 is 2.55 bits per heavy atom. The van der Waals surface area contributed by atoms with E-state index in [9.17, 15) is 18.0 Å². The monoisotopic (exact) mass is 332 g/mol. The first-order valence-electron chi connectivity index (χ1n) is 6.77. The standard InChI is InChI=1S/C13H20N2O6S/c1-4-5-9(13(17)18)7-15-12(16)10-6-11(21-8(10)2)22(19,20)14-3/h6,9,14H,4-5,7H2,1-3H3,(H,15,16)(H,17,18). The highest BCUT2D eigenvalue weighted by Gasteiger charge is 2.24. The molecule has 0 spiro atoms. The molecule has 1 amide bonds. The van der Waals surface area contributed by atoms with Gasteiger partial charge in [-0.1, -0.05) is 13.3 Å². The third-order valence-electron chi connectivity index (χ3n) is 3.17. The first kappa shape index (κ1) is 18.2. The maximum absolute atomic E-state index is 12.0. The van der Waals surface area contributed by atoms with Crippen LogP contribution in [0.1, 0.15) is 35.9 Å². The molecule has 124 valence electrons. The molecule has 0 aliphatic rings. The Morgan fingerprint density at radius 2 is 2.05 bits per heavy atom. The second kappa shape index (κ2) is 7.41. The first-order valence-corrected chi connectivity index (χ1v) is 8.26. The van der Waals surface area contributed by atoms with Crippen LogP contribution < -0.4 is 10.0 Å². The molecule has 0 aromatic carbocycles. The van der Waals surface area contributed by atoms with Crippen molar-refractivity contribution in [1.82, 2.24) is 10.0 Å². The van der Waals surface area contributed by atoms with Gasteiger partial charge in [0.25, 0.3) is 15.9 Å². The van der Waals surface area contributed by atoms with Crippen molar-refractivity contribution in [3.63, 3.8) is 0 Å². The molecule has 1 aromatic rings. The highest BCUT2D eigenvalue weighted by molar-refractivity contribution is 7.89. The Bertz CT molecular complexity index is 649. The van der Waals surface area contributed by atoms with E-state index >= 15 is 0 Å². The van der Waals surface area contributed by atoms with Gasteiger partial charge in [-0.3, -0.25) is 9.59 Å². The van der Waals surface area contributed by atoms with Crippen LogP contribution in [0.25, 0.3) is 0 Å². The summed E-state index contributed by atoms with van der Waals surface area (Å²) >= 11 is 0. The predicted octanol–water partition coefficient (Wildman–Crippen LogP) is 0.727. The molecule has 1 rings (SSSR count). The van der Waals surface area contributed by atoms with E-state index in [4.69, 9.17) is 9.52 Å². The molecule has 1 heterocycles. The van der Waals surface area contributed by atoms with Crippen LogP contribution >= 0.6 is 0 Å². The number of carbonyl (C=O) groups is 2. The van der Waals surface area contributed by atoms with E-state index in [1.165, 1.54) is 14.0 Å². The highest BCUT2D eigenvalue weighted by atomic mass is 32.2. The number of hydrogen-bond donors (Lipinski definition) is 3. The van der Waals surface area contributed by atoms with Crippen molar-refractivity contribution < 1.29 is 27.5 Å². The zero-order valence-corrected chi connectivity index (χ0v) is 13.5. The third-order valence-corrected chi connectivity index (χ3v) is 4.44. The van der Waals surface area contributed by atoms with Gasteiger partial charge < -0.3 is 14.8 Å². The predicted molar refractivity (Wildman–Crippen MR) is 78.1 cm³/mol. The number of rotatable bonds is 8. The van der Waals surface area contributed by atoms with Gasteiger partial charge in [-0.2, -0.15) is 0 Å². The molecule has 0 saturated carbocycles. The zero-order chi connectivity index (χ0) is 16.9. The van der Waals surface area contributed by atoms with Gasteiger partial charge in [0.15, 0.2) is 0 Å². The van der Waals surface area contributed by atoms with Gasteiger partial charge in [-0.25, -0.2) is 13.1 Å². The minimum absolute atomic E-state index is 0.0270. The number of furan rings is 1. The maximum Gasteiger partial charge on any atom is 0.308 e. The fourth-order valence-electron chi connectivity index (χ4n) is 1.89. The summed E-state index contributed by atoms with van der Waals surface area (Å²) in [6.07, 6.45) is 1.13. The van der Waals surface area contributed by atoms with E-state index in [-0.39, 0.29) is 23.0 Å². The molecule has 1 unspecified atom stereocenters. The normalized spacial score (nSPS) is 12.9. The van der Waals surface area contributed by atoms with Crippen molar-refractivity contribution in [2.75, 3.05) is 13.6 Å². The molecule has 0 radical (unpaired) electrons. The Labute approximate surface area is 128 Å². The van der Waals surface area contributed by atoms with Crippen LogP contribution in [-0.2, 0) is 14.8 Å². The van der Waals surface area contributed by atoms with E-state index < -0.39 is 27.8 Å². The summed E-state index contributed by atoms with van der Waals surface area (Å²) in [5.74, 6) is -2.08. The number of sulfonamides is 1. The number of amides is 1. The lowest BCUT2D eigenvalue weighted by Gasteiger charge is -2.11. The molecule has 0 bridgehead atoms. The molecule has 8 nitrogen and oxygen atoms in total. The Balaban J connectivity index is 2.84. The van der Waals surface area contributed by atoms with Gasteiger partial charge in [0.1, 0.15) is 5.76 Å². The number of carbonyl (C=O) groups excluding carboxylic acids is 1. The summed E-state index contributed by atoms with van der Waals surface area (Å²) in [5.41, 5.74) is 0.0643. The number of aliphatic carboxylic acids is 1. The largest absolute Gasteiger partial charge is 0.481 e. The van der Waals surface area contributed by atoms with E-state index in [2.05, 4.69) is 10.0 Å². The van der Waals surface area contributed by atoms with Gasteiger partial charge in [-0.05, 0) is 20.4 Å². The number of nitrogens with one attached hydrogen (secondary N) is 2. The van der Waals surface area contributed by atoms with Crippen LogP contribution in [0.15, 0.2) is 15.6 Å². The molecule has 9 heteroatoms. The molecule has 3 N–H and O–H groups in total. The lowest BCUT2D eigenvalue weighted by atomic mass is 10.0. The summed E-state index contributed by atoms with van der Waals surface area (Å²) in [7, 11) is -2.55. The maximum atomic E-state index is 12.0. The van der Waals surface area contributed by atoms with Gasteiger partial charge in [0, 0.05) is 12.6 Å². The number of aryl methyl sites for hydroxylation is 1. The van der Waals surface area contributed by atoms with Crippen LogP contribution in [0.3, 0.4) is 0 Å². The van der Waals surface area contributed by atoms with Crippen molar-refractivity contribution in [1.29, 1.82) is 0 Å². The quantitative estimate of drug-likeness (QED) is 0.644. The molecule has 0 aliphatic carbocycles. The SMILES string of the molecule is CCCC(CNC(=O)c1cc(S(=O)(=O)NC)oc1C)C(=O)O. The fraction of sp³-hybridized carbons (Fsp3) is 0.538. The van der Waals surface area contributed by atoms with E-state index in [0.29, 0.717) is 12.8 Å². The number of carboxylic acid groups (broad SMARTS) is 1. The summed E-state index contributed by atoms with van der Waals surface area (Å²) in [5, 5.41) is 11.2. The average molecular weight is 332 g/mol. The Kier molecular flexibility index (Phi) is 6.12. The summed E-state index contributed by atoms with van der Waals surface area (Å²) in [6.45, 7) is 3.29. The second-order valence-electron chi connectivity index (χ2n) is 4.78. The summed E-state index contributed by atoms with van der Waals surface area (Å²) in [4.78, 5) is 23.1. The van der Waals surface area contributed by atoms with Gasteiger partial charge >= 0.3 is 5.97 Å². The van der Waals surface area contributed by atoms with Crippen LogP contribution in [0.2, 0.25) is 0 Å². The molecule has 22 heavy (non-hydrogen) atoms. The molecular weight excluding hydrogens is 312 g/mol. The number of hydrogen-bond acceptors (Lipinski definition) is 5. The van der Waals surface area contributed by atoms with Crippen molar-refractivity contribution in [2.24, 2.45) is 5.92 Å². The molecule has 1 atom stereocenters. The third kappa shape index (κ3) is 4.31. The van der Waals surface area contributed by atoms with Crippen molar-refractivity contribution in [3.05, 3.63) is 17.4 Å². The molecule has 0 fully saturated rings. The first-order chi connectivity index (χ1) is 10.2. The highest BCUT2D eigenvalue weighted by Crippen LogP contribution is 2.19. The molecule has 0 aliphatic heterocycles. The molecule has 1 aromatic heterocycles. The van der Waals surface area contributed by atoms with E-state index in [1.807, 2.05) is 6.92 Å². The average Bonchev–Trinajstić information content (AvgIpc) is 2.85. The molecular formula is C13H20N2O6S. The molecule has 0 saturated heterocycles. The van der Waals surface area contributed by atoms with Crippen LogP contribution in [-0.4, -0.2) is 39.0 Å². The minimum atomic E-state index is -3.78. The minimum Gasteiger partial charge on any atom is -0.481 e. The smallest absolute Gasteiger partial charge is 0.308 e.